The molecule has 1 aliphatic rings. The zero-order chi connectivity index (χ0) is 13.5. The number of piperazine rings is 1. The summed E-state index contributed by atoms with van der Waals surface area (Å²) in [4.78, 5) is 18.7. The van der Waals surface area contributed by atoms with Crippen molar-refractivity contribution in [2.75, 3.05) is 19.6 Å². The third-order valence-electron chi connectivity index (χ3n) is 3.60. The van der Waals surface area contributed by atoms with Crippen LogP contribution in [0.2, 0.25) is 0 Å². The summed E-state index contributed by atoms with van der Waals surface area (Å²) in [7, 11) is 0. The predicted molar refractivity (Wildman–Crippen MR) is 71.0 cm³/mol. The van der Waals surface area contributed by atoms with Crippen molar-refractivity contribution in [2.24, 2.45) is 0 Å². The summed E-state index contributed by atoms with van der Waals surface area (Å²) in [5.41, 5.74) is 1.18. The van der Waals surface area contributed by atoms with Gasteiger partial charge in [0.05, 0.1) is 29.0 Å². The summed E-state index contributed by atoms with van der Waals surface area (Å²) in [5, 5.41) is 7.51. The SMILES string of the molecule is CC1(C)CNCCN1C(=O)c1cnn2ccncc12. The summed E-state index contributed by atoms with van der Waals surface area (Å²) in [6.07, 6.45) is 6.70. The Hall–Kier alpha value is -1.95. The van der Waals surface area contributed by atoms with Crippen LogP contribution in [-0.2, 0) is 0 Å². The Balaban J connectivity index is 1.99. The van der Waals surface area contributed by atoms with Crippen LogP contribution in [0.25, 0.3) is 5.52 Å². The number of nitrogens with zero attached hydrogens (tertiary/aromatic N) is 4. The van der Waals surface area contributed by atoms with Gasteiger partial charge in [0.2, 0.25) is 0 Å². The van der Waals surface area contributed by atoms with Gasteiger partial charge in [0.25, 0.3) is 5.91 Å². The quantitative estimate of drug-likeness (QED) is 0.812. The summed E-state index contributed by atoms with van der Waals surface area (Å²) < 4.78 is 1.68. The molecule has 19 heavy (non-hydrogen) atoms. The number of aromatic nitrogens is 3. The van der Waals surface area contributed by atoms with Crippen molar-refractivity contribution in [2.45, 2.75) is 19.4 Å². The highest BCUT2D eigenvalue weighted by Gasteiger charge is 2.34. The summed E-state index contributed by atoms with van der Waals surface area (Å²) in [5.74, 6) is 0.0227. The Morgan fingerprint density at radius 1 is 1.42 bits per heavy atom. The summed E-state index contributed by atoms with van der Waals surface area (Å²) in [6, 6.07) is 0. The van der Waals surface area contributed by atoms with Crippen molar-refractivity contribution < 1.29 is 4.79 Å². The van der Waals surface area contributed by atoms with E-state index < -0.39 is 0 Å². The van der Waals surface area contributed by atoms with E-state index in [1.54, 1.807) is 29.3 Å². The molecule has 1 N–H and O–H groups in total. The molecule has 0 aromatic carbocycles. The highest BCUT2D eigenvalue weighted by molar-refractivity contribution is 6.00. The second-order valence-electron chi connectivity index (χ2n) is 5.41. The molecule has 1 amide bonds. The van der Waals surface area contributed by atoms with Crippen molar-refractivity contribution >= 4 is 11.4 Å². The van der Waals surface area contributed by atoms with E-state index in [0.29, 0.717) is 12.1 Å². The Morgan fingerprint density at radius 3 is 3.05 bits per heavy atom. The van der Waals surface area contributed by atoms with E-state index in [1.807, 2.05) is 4.90 Å². The van der Waals surface area contributed by atoms with Gasteiger partial charge in [0, 0.05) is 32.0 Å². The van der Waals surface area contributed by atoms with Gasteiger partial charge in [-0.05, 0) is 13.8 Å². The number of fused-ring (bicyclic) bond motifs is 1. The Labute approximate surface area is 111 Å². The van der Waals surface area contributed by atoms with Crippen molar-refractivity contribution in [3.63, 3.8) is 0 Å². The van der Waals surface area contributed by atoms with Gasteiger partial charge in [-0.15, -0.1) is 0 Å². The van der Waals surface area contributed by atoms with Crippen molar-refractivity contribution in [3.8, 4) is 0 Å². The Bertz CT molecular complexity index is 618. The maximum atomic E-state index is 12.7. The van der Waals surface area contributed by atoms with Crippen molar-refractivity contribution in [1.29, 1.82) is 0 Å². The lowest BCUT2D eigenvalue weighted by Crippen LogP contribution is -2.59. The van der Waals surface area contributed by atoms with Crippen LogP contribution in [0.1, 0.15) is 24.2 Å². The fraction of sp³-hybridized carbons (Fsp3) is 0.462. The normalized spacial score (nSPS) is 18.7. The van der Waals surface area contributed by atoms with E-state index >= 15 is 0 Å². The number of hydrogen-bond acceptors (Lipinski definition) is 4. The molecule has 0 spiro atoms. The Kier molecular flexibility index (Phi) is 2.74. The molecular weight excluding hydrogens is 242 g/mol. The molecule has 2 aromatic rings. The van der Waals surface area contributed by atoms with E-state index in [1.165, 1.54) is 0 Å². The van der Waals surface area contributed by atoms with E-state index in [0.717, 1.165) is 18.6 Å². The minimum absolute atomic E-state index is 0.0227. The van der Waals surface area contributed by atoms with Gasteiger partial charge in [-0.1, -0.05) is 0 Å². The minimum Gasteiger partial charge on any atom is -0.331 e. The molecule has 6 nitrogen and oxygen atoms in total. The second-order valence-corrected chi connectivity index (χ2v) is 5.41. The van der Waals surface area contributed by atoms with Crippen LogP contribution in [0, 0.1) is 0 Å². The molecule has 1 fully saturated rings. The second kappa shape index (κ2) is 4.31. The molecule has 3 heterocycles. The fourth-order valence-electron chi connectivity index (χ4n) is 2.50. The first kappa shape index (κ1) is 12.1. The first-order valence-corrected chi connectivity index (χ1v) is 6.40. The number of nitrogens with one attached hydrogen (secondary N) is 1. The molecule has 0 bridgehead atoms. The average molecular weight is 259 g/mol. The number of amides is 1. The molecule has 6 heteroatoms. The third-order valence-corrected chi connectivity index (χ3v) is 3.60. The van der Waals surface area contributed by atoms with Crippen LogP contribution in [-0.4, -0.2) is 50.6 Å². The maximum Gasteiger partial charge on any atom is 0.258 e. The molecule has 1 aliphatic heterocycles. The Morgan fingerprint density at radius 2 is 2.26 bits per heavy atom. The van der Waals surface area contributed by atoms with Crippen molar-refractivity contribution in [1.82, 2.24) is 24.8 Å². The highest BCUT2D eigenvalue weighted by atomic mass is 16.2. The van der Waals surface area contributed by atoms with E-state index in [4.69, 9.17) is 0 Å². The number of carbonyl (C=O) groups excluding carboxylic acids is 1. The lowest BCUT2D eigenvalue weighted by molar-refractivity contribution is 0.0479. The molecule has 1 saturated heterocycles. The largest absolute Gasteiger partial charge is 0.331 e. The molecule has 0 atom stereocenters. The topological polar surface area (TPSA) is 62.5 Å². The van der Waals surface area contributed by atoms with E-state index in [9.17, 15) is 4.79 Å². The monoisotopic (exact) mass is 259 g/mol. The van der Waals surface area contributed by atoms with E-state index in [2.05, 4.69) is 29.2 Å². The van der Waals surface area contributed by atoms with Gasteiger partial charge in [-0.25, -0.2) is 4.52 Å². The first-order valence-electron chi connectivity index (χ1n) is 6.40. The zero-order valence-corrected chi connectivity index (χ0v) is 11.1. The van der Waals surface area contributed by atoms with Gasteiger partial charge in [-0.2, -0.15) is 5.10 Å². The van der Waals surface area contributed by atoms with Crippen LogP contribution in [0.15, 0.2) is 24.8 Å². The summed E-state index contributed by atoms with van der Waals surface area (Å²) in [6.45, 7) is 6.48. The van der Waals surface area contributed by atoms with Crippen LogP contribution >= 0.6 is 0 Å². The molecular formula is C13H17N5O. The fourth-order valence-corrected chi connectivity index (χ4v) is 2.50. The molecule has 0 aliphatic carbocycles. The molecule has 0 saturated carbocycles. The van der Waals surface area contributed by atoms with Gasteiger partial charge in [0.15, 0.2) is 0 Å². The molecule has 3 rings (SSSR count). The summed E-state index contributed by atoms with van der Waals surface area (Å²) >= 11 is 0. The first-order chi connectivity index (χ1) is 9.09. The average Bonchev–Trinajstić information content (AvgIpc) is 2.81. The predicted octanol–water partition coefficient (Wildman–Crippen LogP) is 0.553. The molecule has 0 radical (unpaired) electrons. The number of rotatable bonds is 1. The van der Waals surface area contributed by atoms with Crippen molar-refractivity contribution in [3.05, 3.63) is 30.4 Å². The van der Waals surface area contributed by atoms with Gasteiger partial charge >= 0.3 is 0 Å². The van der Waals surface area contributed by atoms with Gasteiger partial charge < -0.3 is 10.2 Å². The molecule has 0 unspecified atom stereocenters. The molecule has 100 valence electrons. The minimum atomic E-state index is -0.189. The molecule has 2 aromatic heterocycles. The maximum absolute atomic E-state index is 12.7. The smallest absolute Gasteiger partial charge is 0.258 e. The van der Waals surface area contributed by atoms with Crippen LogP contribution in [0.4, 0.5) is 0 Å². The third kappa shape index (κ3) is 1.98. The number of hydrogen-bond donors (Lipinski definition) is 1. The van der Waals surface area contributed by atoms with Crippen LogP contribution in [0.5, 0.6) is 0 Å². The standard InChI is InChI=1S/C13H17N5O/c1-13(2)9-15-3-5-17(13)12(19)10-7-16-18-6-4-14-8-11(10)18/h4,6-8,15H,3,5,9H2,1-2H3. The van der Waals surface area contributed by atoms with Gasteiger partial charge in [-0.3, -0.25) is 9.78 Å². The van der Waals surface area contributed by atoms with Crippen LogP contribution in [0.3, 0.4) is 0 Å². The lowest BCUT2D eigenvalue weighted by Gasteiger charge is -2.42. The van der Waals surface area contributed by atoms with Crippen LogP contribution < -0.4 is 5.32 Å². The lowest BCUT2D eigenvalue weighted by atomic mass is 9.99. The zero-order valence-electron chi connectivity index (χ0n) is 11.1. The van der Waals surface area contributed by atoms with Gasteiger partial charge in [0.1, 0.15) is 0 Å². The van der Waals surface area contributed by atoms with E-state index in [-0.39, 0.29) is 11.4 Å². The number of carbonyl (C=O) groups is 1. The highest BCUT2D eigenvalue weighted by Crippen LogP contribution is 2.21.